The molecule has 0 radical (unpaired) electrons. The lowest BCUT2D eigenvalue weighted by Gasteiger charge is -2.36. The molecule has 1 aliphatic heterocycles. The molecule has 0 aromatic heterocycles. The quantitative estimate of drug-likeness (QED) is 0.490. The van der Waals surface area contributed by atoms with E-state index >= 15 is 0 Å². The summed E-state index contributed by atoms with van der Waals surface area (Å²) in [5.41, 5.74) is 0.835. The van der Waals surface area contributed by atoms with Crippen LogP contribution < -0.4 is 5.32 Å². The lowest BCUT2D eigenvalue weighted by Crippen LogP contribution is -2.52. The first-order valence-electron chi connectivity index (χ1n) is 7.85. The fourth-order valence-electron chi connectivity index (χ4n) is 2.39. The van der Waals surface area contributed by atoms with Gasteiger partial charge < -0.3 is 10.2 Å². The predicted octanol–water partition coefficient (Wildman–Crippen LogP) is 3.41. The lowest BCUT2D eigenvalue weighted by molar-refractivity contribution is 0.196. The van der Waals surface area contributed by atoms with Gasteiger partial charge in [-0.15, -0.1) is 6.58 Å². The van der Waals surface area contributed by atoms with E-state index in [1.165, 1.54) is 0 Å². The third-order valence-electron chi connectivity index (χ3n) is 3.74. The topological polar surface area (TPSA) is 18.5 Å². The molecule has 1 atom stereocenters. The van der Waals surface area contributed by atoms with Crippen LogP contribution in [-0.2, 0) is 0 Å². The summed E-state index contributed by atoms with van der Waals surface area (Å²) in [7, 11) is 0. The van der Waals surface area contributed by atoms with Crippen LogP contribution >= 0.6 is 35.4 Å². The highest BCUT2D eigenvalue weighted by molar-refractivity contribution is 7.80. The Morgan fingerprint density at radius 2 is 2.04 bits per heavy atom. The van der Waals surface area contributed by atoms with Gasteiger partial charge in [-0.25, -0.2) is 0 Å². The van der Waals surface area contributed by atoms with Crippen molar-refractivity contribution in [2.45, 2.75) is 13.0 Å². The third-order valence-corrected chi connectivity index (χ3v) is 4.85. The summed E-state index contributed by atoms with van der Waals surface area (Å²) in [6, 6.07) is 5.32. The Bertz CT molecular complexity index is 658. The number of benzene rings is 1. The van der Waals surface area contributed by atoms with E-state index in [1.807, 2.05) is 19.1 Å². The fraction of sp³-hybridized carbons (Fsp3) is 0.389. The zero-order chi connectivity index (χ0) is 17.5. The maximum absolute atomic E-state index is 6.00. The number of rotatable bonds is 3. The van der Waals surface area contributed by atoms with E-state index in [9.17, 15) is 0 Å². The van der Waals surface area contributed by atoms with Gasteiger partial charge in [-0.2, -0.15) is 0 Å². The molecule has 1 fully saturated rings. The average Bonchev–Trinajstić information content (AvgIpc) is 2.57. The Kier molecular flexibility index (Phi) is 7.39. The summed E-state index contributed by atoms with van der Waals surface area (Å²) in [6.07, 6.45) is 1.94. The highest BCUT2D eigenvalue weighted by atomic mass is 35.5. The van der Waals surface area contributed by atoms with Crippen molar-refractivity contribution in [3.05, 3.63) is 46.5 Å². The molecule has 2 rings (SSSR count). The van der Waals surface area contributed by atoms with Crippen molar-refractivity contribution in [1.82, 2.24) is 15.1 Å². The molecule has 1 N–H and O–H groups in total. The van der Waals surface area contributed by atoms with E-state index in [4.69, 9.17) is 35.4 Å². The molecule has 0 amide bonds. The molecule has 128 valence electrons. The van der Waals surface area contributed by atoms with Gasteiger partial charge in [0.25, 0.3) is 0 Å². The van der Waals surface area contributed by atoms with Crippen molar-refractivity contribution >= 4 is 40.5 Å². The molecule has 3 nitrogen and oxygen atoms in total. The van der Waals surface area contributed by atoms with Gasteiger partial charge in [-0.05, 0) is 37.3 Å². The molecular weight excluding hydrogens is 361 g/mol. The van der Waals surface area contributed by atoms with Crippen LogP contribution in [0, 0.1) is 11.8 Å². The lowest BCUT2D eigenvalue weighted by atomic mass is 10.2. The molecule has 0 aliphatic carbocycles. The van der Waals surface area contributed by atoms with Gasteiger partial charge in [0.1, 0.15) is 0 Å². The van der Waals surface area contributed by atoms with Crippen molar-refractivity contribution in [2.75, 3.05) is 32.7 Å². The van der Waals surface area contributed by atoms with Gasteiger partial charge in [-0.1, -0.05) is 41.1 Å². The number of hydrogen-bond acceptors (Lipinski definition) is 2. The number of thiocarbonyl (C=S) groups is 1. The van der Waals surface area contributed by atoms with Crippen molar-refractivity contribution in [2.24, 2.45) is 0 Å². The fourth-order valence-corrected chi connectivity index (χ4v) is 3.05. The molecule has 1 unspecified atom stereocenters. The molecule has 0 saturated carbocycles. The molecule has 1 aromatic carbocycles. The maximum Gasteiger partial charge on any atom is 0.169 e. The summed E-state index contributed by atoms with van der Waals surface area (Å²) in [5, 5.41) is 5.08. The molecule has 1 aliphatic rings. The second-order valence-corrected chi connectivity index (χ2v) is 6.85. The Balaban J connectivity index is 1.85. The summed E-state index contributed by atoms with van der Waals surface area (Å²) in [5.74, 6) is 6.24. The second kappa shape index (κ2) is 9.29. The van der Waals surface area contributed by atoms with Crippen LogP contribution in [0.3, 0.4) is 0 Å². The first-order valence-corrected chi connectivity index (χ1v) is 9.01. The van der Waals surface area contributed by atoms with Gasteiger partial charge in [0.05, 0.1) is 16.1 Å². The molecule has 1 aromatic rings. The zero-order valence-corrected chi connectivity index (χ0v) is 16.0. The first-order chi connectivity index (χ1) is 11.5. The number of halogens is 2. The van der Waals surface area contributed by atoms with Crippen LogP contribution in [0.1, 0.15) is 12.5 Å². The van der Waals surface area contributed by atoms with Gasteiger partial charge in [0, 0.05) is 38.3 Å². The SMILES string of the molecule is C=CCN1CCN(C(=S)NC(C)C#Cc2ccc(Cl)c(Cl)c2)CC1. The van der Waals surface area contributed by atoms with Crippen LogP contribution in [0.4, 0.5) is 0 Å². The van der Waals surface area contributed by atoms with E-state index in [0.29, 0.717) is 10.0 Å². The minimum Gasteiger partial charge on any atom is -0.349 e. The van der Waals surface area contributed by atoms with Crippen LogP contribution in [0.15, 0.2) is 30.9 Å². The molecule has 1 saturated heterocycles. The van der Waals surface area contributed by atoms with Gasteiger partial charge in [0.2, 0.25) is 0 Å². The average molecular weight is 382 g/mol. The molecule has 24 heavy (non-hydrogen) atoms. The van der Waals surface area contributed by atoms with Gasteiger partial charge in [-0.3, -0.25) is 4.90 Å². The highest BCUT2D eigenvalue weighted by Crippen LogP contribution is 2.22. The van der Waals surface area contributed by atoms with Gasteiger partial charge in [0.15, 0.2) is 5.11 Å². The van der Waals surface area contributed by atoms with Crippen LogP contribution in [0.25, 0.3) is 0 Å². The van der Waals surface area contributed by atoms with E-state index in [0.717, 1.165) is 43.4 Å². The minimum absolute atomic E-state index is 0.0434. The number of nitrogens with zero attached hydrogens (tertiary/aromatic N) is 2. The molecule has 6 heteroatoms. The Morgan fingerprint density at radius 3 is 2.67 bits per heavy atom. The van der Waals surface area contributed by atoms with E-state index < -0.39 is 0 Å². The molecule has 0 spiro atoms. The molecule has 1 heterocycles. The smallest absolute Gasteiger partial charge is 0.169 e. The summed E-state index contributed by atoms with van der Waals surface area (Å²) < 4.78 is 0. The molecule has 0 bridgehead atoms. The van der Waals surface area contributed by atoms with E-state index in [1.54, 1.807) is 12.1 Å². The highest BCUT2D eigenvalue weighted by Gasteiger charge is 2.18. The Hall–Kier alpha value is -1.25. The van der Waals surface area contributed by atoms with E-state index in [-0.39, 0.29) is 6.04 Å². The monoisotopic (exact) mass is 381 g/mol. The van der Waals surface area contributed by atoms with Gasteiger partial charge >= 0.3 is 0 Å². The number of piperazine rings is 1. The van der Waals surface area contributed by atoms with Crippen molar-refractivity contribution in [3.8, 4) is 11.8 Å². The van der Waals surface area contributed by atoms with E-state index in [2.05, 4.69) is 33.5 Å². The first kappa shape index (κ1) is 19.1. The number of nitrogens with one attached hydrogen (secondary N) is 1. The minimum atomic E-state index is -0.0434. The predicted molar refractivity (Wildman–Crippen MR) is 107 cm³/mol. The van der Waals surface area contributed by atoms with Crippen molar-refractivity contribution in [1.29, 1.82) is 0 Å². The maximum atomic E-state index is 6.00. The van der Waals surface area contributed by atoms with Crippen LogP contribution in [0.5, 0.6) is 0 Å². The molecular formula is C18H21Cl2N3S. The third kappa shape index (κ3) is 5.68. The summed E-state index contributed by atoms with van der Waals surface area (Å²) in [4.78, 5) is 4.55. The van der Waals surface area contributed by atoms with Crippen LogP contribution in [0.2, 0.25) is 10.0 Å². The number of hydrogen-bond donors (Lipinski definition) is 1. The Morgan fingerprint density at radius 1 is 1.33 bits per heavy atom. The largest absolute Gasteiger partial charge is 0.349 e. The summed E-state index contributed by atoms with van der Waals surface area (Å²) in [6.45, 7) is 10.5. The normalized spacial score (nSPS) is 16.0. The van der Waals surface area contributed by atoms with Crippen molar-refractivity contribution in [3.63, 3.8) is 0 Å². The Labute approximate surface area is 159 Å². The zero-order valence-electron chi connectivity index (χ0n) is 13.7. The van der Waals surface area contributed by atoms with Crippen LogP contribution in [-0.4, -0.2) is 53.7 Å². The van der Waals surface area contributed by atoms with Crippen molar-refractivity contribution < 1.29 is 0 Å². The standard InChI is InChI=1S/C18H21Cl2N3S/c1-3-8-22-9-11-23(12-10-22)18(24)21-14(2)4-5-15-6-7-16(19)17(20)13-15/h3,6-7,13-14H,1,8-12H2,2H3,(H,21,24). The second-order valence-electron chi connectivity index (χ2n) is 5.65. The summed E-state index contributed by atoms with van der Waals surface area (Å²) >= 11 is 17.4.